The molecule has 1 amide bonds. The molecule has 2 unspecified atom stereocenters. The summed E-state index contributed by atoms with van der Waals surface area (Å²) in [6.07, 6.45) is 3.02. The normalized spacial score (nSPS) is 16.4. The van der Waals surface area contributed by atoms with E-state index in [0.717, 1.165) is 18.4 Å². The van der Waals surface area contributed by atoms with E-state index >= 15 is 0 Å². The molecule has 4 heteroatoms. The fraction of sp³-hybridized carbons (Fsp3) is 0.250. The summed E-state index contributed by atoms with van der Waals surface area (Å²) in [5.41, 5.74) is 4.87. The highest BCUT2D eigenvalue weighted by atomic mass is 19.1. The summed E-state index contributed by atoms with van der Waals surface area (Å²) in [7, 11) is 0. The predicted molar refractivity (Wildman–Crippen MR) is 107 cm³/mol. The molecule has 1 N–H and O–H groups in total. The van der Waals surface area contributed by atoms with Gasteiger partial charge in [-0.15, -0.1) is 0 Å². The van der Waals surface area contributed by atoms with E-state index in [0.29, 0.717) is 17.8 Å². The van der Waals surface area contributed by atoms with Gasteiger partial charge in [0.25, 0.3) is 0 Å². The van der Waals surface area contributed by atoms with E-state index in [1.807, 2.05) is 49.4 Å². The van der Waals surface area contributed by atoms with Gasteiger partial charge in [0.05, 0.1) is 12.1 Å². The number of halogens is 1. The van der Waals surface area contributed by atoms with Gasteiger partial charge in [-0.25, -0.2) is 4.39 Å². The van der Waals surface area contributed by atoms with E-state index < -0.39 is 11.7 Å². The summed E-state index contributed by atoms with van der Waals surface area (Å²) >= 11 is 0. The molecule has 0 saturated carbocycles. The highest BCUT2D eigenvalue weighted by molar-refractivity contribution is 5.85. The number of hydrogen-bond donors (Lipinski definition) is 1. The number of carbonyl (C=O) groups excluding carboxylic acids is 1. The number of fused-ring (bicyclic) bond motifs is 1. The molecule has 142 valence electrons. The lowest BCUT2D eigenvalue weighted by molar-refractivity contribution is -0.123. The third kappa shape index (κ3) is 3.68. The zero-order valence-electron chi connectivity index (χ0n) is 15.9. The maximum atomic E-state index is 14.0. The first kappa shape index (κ1) is 18.4. The lowest BCUT2D eigenvalue weighted by Gasteiger charge is -2.25. The first-order valence-electron chi connectivity index (χ1n) is 9.65. The van der Waals surface area contributed by atoms with Gasteiger partial charge in [0, 0.05) is 18.2 Å². The third-order valence-corrected chi connectivity index (χ3v) is 5.60. The van der Waals surface area contributed by atoms with Gasteiger partial charge in [-0.3, -0.25) is 9.78 Å². The first-order chi connectivity index (χ1) is 13.6. The number of nitrogens with zero attached hydrogens (tertiary/aromatic N) is 1. The summed E-state index contributed by atoms with van der Waals surface area (Å²) in [5.74, 6) is -0.932. The summed E-state index contributed by atoms with van der Waals surface area (Å²) < 4.78 is 14.0. The lowest BCUT2D eigenvalue weighted by Crippen LogP contribution is -2.32. The van der Waals surface area contributed by atoms with Crippen LogP contribution in [0.15, 0.2) is 66.9 Å². The molecule has 1 aliphatic rings. The molecule has 0 aliphatic heterocycles. The molecular weight excluding hydrogens is 351 g/mol. The topological polar surface area (TPSA) is 42.0 Å². The van der Waals surface area contributed by atoms with Crippen LogP contribution < -0.4 is 5.32 Å². The number of hydrogen-bond acceptors (Lipinski definition) is 2. The number of pyridine rings is 1. The van der Waals surface area contributed by atoms with Crippen molar-refractivity contribution in [3.63, 3.8) is 0 Å². The largest absolute Gasteiger partial charge is 0.351 e. The van der Waals surface area contributed by atoms with Gasteiger partial charge in [0.1, 0.15) is 5.82 Å². The summed E-state index contributed by atoms with van der Waals surface area (Å²) in [5, 5.41) is 3.06. The van der Waals surface area contributed by atoms with Gasteiger partial charge in [-0.1, -0.05) is 54.6 Å². The Balaban J connectivity index is 1.68. The van der Waals surface area contributed by atoms with Crippen LogP contribution in [0.4, 0.5) is 4.39 Å². The second-order valence-corrected chi connectivity index (χ2v) is 7.35. The smallest absolute Gasteiger partial charge is 0.228 e. The Morgan fingerprint density at radius 3 is 2.75 bits per heavy atom. The summed E-state index contributed by atoms with van der Waals surface area (Å²) in [6, 6.07) is 19.5. The van der Waals surface area contributed by atoms with E-state index in [9.17, 15) is 9.18 Å². The van der Waals surface area contributed by atoms with E-state index in [2.05, 4.69) is 22.4 Å². The van der Waals surface area contributed by atoms with Crippen LogP contribution in [0.3, 0.4) is 0 Å². The number of nitrogens with one attached hydrogen (secondary N) is 1. The molecule has 0 fully saturated rings. The second-order valence-electron chi connectivity index (χ2n) is 7.35. The van der Waals surface area contributed by atoms with Crippen molar-refractivity contribution in [2.45, 2.75) is 38.1 Å². The number of rotatable bonds is 5. The Bertz CT molecular complexity index is 987. The molecule has 0 radical (unpaired) electrons. The first-order valence-corrected chi connectivity index (χ1v) is 9.65. The second kappa shape index (κ2) is 7.93. The minimum absolute atomic E-state index is 0.0225. The van der Waals surface area contributed by atoms with Gasteiger partial charge in [0.15, 0.2) is 0 Å². The van der Waals surface area contributed by atoms with Crippen molar-refractivity contribution in [2.75, 3.05) is 0 Å². The van der Waals surface area contributed by atoms with Crippen LogP contribution in [-0.4, -0.2) is 10.9 Å². The maximum Gasteiger partial charge on any atom is 0.228 e. The number of benzene rings is 2. The zero-order valence-corrected chi connectivity index (χ0v) is 15.9. The molecule has 28 heavy (non-hydrogen) atoms. The SMILES string of the molecule is Cc1ncc(F)cc1C(C(=O)NCc1ccccc1)C1CCc2ccccc21. The molecule has 1 aliphatic carbocycles. The van der Waals surface area contributed by atoms with Crippen LogP contribution in [0.1, 0.15) is 46.2 Å². The van der Waals surface area contributed by atoms with Crippen LogP contribution in [0, 0.1) is 12.7 Å². The molecular formula is C24H23FN2O. The van der Waals surface area contributed by atoms with Crippen molar-refractivity contribution in [3.8, 4) is 0 Å². The van der Waals surface area contributed by atoms with E-state index in [-0.39, 0.29) is 11.8 Å². The van der Waals surface area contributed by atoms with Crippen molar-refractivity contribution in [1.82, 2.24) is 10.3 Å². The Labute approximate surface area is 164 Å². The Morgan fingerprint density at radius 1 is 1.18 bits per heavy atom. The molecule has 0 saturated heterocycles. The van der Waals surface area contributed by atoms with Crippen LogP contribution in [-0.2, 0) is 17.8 Å². The number of aryl methyl sites for hydroxylation is 2. The van der Waals surface area contributed by atoms with Crippen molar-refractivity contribution in [2.24, 2.45) is 0 Å². The molecule has 4 rings (SSSR count). The van der Waals surface area contributed by atoms with E-state index in [4.69, 9.17) is 0 Å². The van der Waals surface area contributed by atoms with Gasteiger partial charge < -0.3 is 5.32 Å². The molecule has 0 spiro atoms. The predicted octanol–water partition coefficient (Wildman–Crippen LogP) is 4.66. The Hall–Kier alpha value is -3.01. The Kier molecular flexibility index (Phi) is 5.20. The van der Waals surface area contributed by atoms with Crippen molar-refractivity contribution in [3.05, 3.63) is 101 Å². The molecule has 2 atom stereocenters. The number of amides is 1. The van der Waals surface area contributed by atoms with Gasteiger partial charge in [-0.05, 0) is 48.1 Å². The fourth-order valence-electron chi connectivity index (χ4n) is 4.21. The van der Waals surface area contributed by atoms with Crippen molar-refractivity contribution in [1.29, 1.82) is 0 Å². The molecule has 3 aromatic rings. The highest BCUT2D eigenvalue weighted by Crippen LogP contribution is 2.43. The average Bonchev–Trinajstić information content (AvgIpc) is 3.14. The van der Waals surface area contributed by atoms with Crippen molar-refractivity contribution < 1.29 is 9.18 Å². The summed E-state index contributed by atoms with van der Waals surface area (Å²) in [6.45, 7) is 2.29. The standard InChI is InChI=1S/C24H23FN2O/c1-16-22(13-19(25)15-26-16)23(21-12-11-18-9-5-6-10-20(18)21)24(28)27-14-17-7-3-2-4-8-17/h2-10,13,15,21,23H,11-12,14H2,1H3,(H,27,28). The minimum atomic E-state index is -0.462. The average molecular weight is 374 g/mol. The molecule has 0 bridgehead atoms. The highest BCUT2D eigenvalue weighted by Gasteiger charge is 2.36. The van der Waals surface area contributed by atoms with Crippen LogP contribution in [0.5, 0.6) is 0 Å². The molecule has 1 aromatic heterocycles. The van der Waals surface area contributed by atoms with Crippen LogP contribution in [0.2, 0.25) is 0 Å². The lowest BCUT2D eigenvalue weighted by atomic mass is 9.81. The monoisotopic (exact) mass is 374 g/mol. The van der Waals surface area contributed by atoms with Gasteiger partial charge >= 0.3 is 0 Å². The zero-order chi connectivity index (χ0) is 19.5. The molecule has 1 heterocycles. The van der Waals surface area contributed by atoms with Crippen molar-refractivity contribution >= 4 is 5.91 Å². The third-order valence-electron chi connectivity index (χ3n) is 5.60. The number of carbonyl (C=O) groups is 1. The molecule has 2 aromatic carbocycles. The fourth-order valence-corrected chi connectivity index (χ4v) is 4.21. The molecule has 3 nitrogen and oxygen atoms in total. The maximum absolute atomic E-state index is 14.0. The van der Waals surface area contributed by atoms with Crippen LogP contribution in [0.25, 0.3) is 0 Å². The van der Waals surface area contributed by atoms with Gasteiger partial charge in [0.2, 0.25) is 5.91 Å². The van der Waals surface area contributed by atoms with Crippen LogP contribution >= 0.6 is 0 Å². The van der Waals surface area contributed by atoms with E-state index in [1.165, 1.54) is 23.4 Å². The van der Waals surface area contributed by atoms with E-state index in [1.54, 1.807) is 0 Å². The number of aromatic nitrogens is 1. The Morgan fingerprint density at radius 2 is 1.93 bits per heavy atom. The quantitative estimate of drug-likeness (QED) is 0.706. The minimum Gasteiger partial charge on any atom is -0.351 e. The summed E-state index contributed by atoms with van der Waals surface area (Å²) in [4.78, 5) is 17.5. The van der Waals surface area contributed by atoms with Gasteiger partial charge in [-0.2, -0.15) is 0 Å².